The first-order valence-corrected chi connectivity index (χ1v) is 6.39. The zero-order valence-corrected chi connectivity index (χ0v) is 10.1. The minimum Gasteiger partial charge on any atom is -0.385 e. The van der Waals surface area contributed by atoms with Gasteiger partial charge in [0.1, 0.15) is 0 Å². The molecule has 18 heavy (non-hydrogen) atoms. The van der Waals surface area contributed by atoms with Crippen LogP contribution in [0, 0.1) is 27.9 Å². The second-order valence-corrected chi connectivity index (χ2v) is 5.23. The van der Waals surface area contributed by atoms with Crippen molar-refractivity contribution in [3.63, 3.8) is 0 Å². The van der Waals surface area contributed by atoms with Gasteiger partial charge in [0.05, 0.1) is 4.92 Å². The molecule has 4 nitrogen and oxygen atoms in total. The summed E-state index contributed by atoms with van der Waals surface area (Å²) < 4.78 is 0. The molecule has 2 bridgehead atoms. The number of hydrogen-bond acceptors (Lipinski definition) is 3. The summed E-state index contributed by atoms with van der Waals surface area (Å²) in [6.07, 6.45) is 7.20. The van der Waals surface area contributed by atoms with Crippen molar-refractivity contribution in [3.05, 3.63) is 46.5 Å². The fraction of sp³-hybridized carbons (Fsp3) is 0.429. The molecule has 1 N–H and O–H groups in total. The molecule has 0 aromatic heterocycles. The van der Waals surface area contributed by atoms with Gasteiger partial charge in [0.15, 0.2) is 0 Å². The highest BCUT2D eigenvalue weighted by molar-refractivity contribution is 5.51. The van der Waals surface area contributed by atoms with Crippen molar-refractivity contribution in [2.45, 2.75) is 12.8 Å². The van der Waals surface area contributed by atoms with E-state index in [1.807, 2.05) is 6.07 Å². The molecule has 3 unspecified atom stereocenters. The van der Waals surface area contributed by atoms with Gasteiger partial charge in [0, 0.05) is 24.4 Å². The Labute approximate surface area is 106 Å². The van der Waals surface area contributed by atoms with Crippen LogP contribution in [0.15, 0.2) is 36.4 Å². The number of nitro benzene ring substituents is 1. The maximum absolute atomic E-state index is 10.7. The number of fused-ring (bicyclic) bond motifs is 2. The number of hydrogen-bond donors (Lipinski definition) is 1. The van der Waals surface area contributed by atoms with Gasteiger partial charge in [-0.25, -0.2) is 0 Å². The Morgan fingerprint density at radius 1 is 1.33 bits per heavy atom. The summed E-state index contributed by atoms with van der Waals surface area (Å²) in [5.41, 5.74) is 0.990. The number of rotatable bonds is 4. The van der Waals surface area contributed by atoms with E-state index in [9.17, 15) is 10.1 Å². The molecule has 1 saturated carbocycles. The molecule has 0 saturated heterocycles. The van der Waals surface area contributed by atoms with Crippen LogP contribution in [0.1, 0.15) is 12.8 Å². The SMILES string of the molecule is O=[N+]([O-])c1cccc(NCC2CC3C=CC2C3)c1. The fourth-order valence-corrected chi connectivity index (χ4v) is 3.11. The zero-order chi connectivity index (χ0) is 12.5. The van der Waals surface area contributed by atoms with E-state index in [2.05, 4.69) is 17.5 Å². The highest BCUT2D eigenvalue weighted by Crippen LogP contribution is 2.43. The number of anilines is 1. The molecule has 2 aliphatic rings. The lowest BCUT2D eigenvalue weighted by atomic mass is 9.93. The van der Waals surface area contributed by atoms with Gasteiger partial charge >= 0.3 is 0 Å². The fourth-order valence-electron chi connectivity index (χ4n) is 3.11. The maximum Gasteiger partial charge on any atom is 0.271 e. The Morgan fingerprint density at radius 3 is 2.89 bits per heavy atom. The average molecular weight is 244 g/mol. The smallest absolute Gasteiger partial charge is 0.271 e. The molecule has 1 aromatic rings. The number of allylic oxidation sites excluding steroid dienone is 2. The monoisotopic (exact) mass is 244 g/mol. The van der Waals surface area contributed by atoms with Gasteiger partial charge in [-0.05, 0) is 36.7 Å². The standard InChI is InChI=1S/C14H16N2O2/c17-16(18)14-3-1-2-13(8-14)15-9-12-7-10-4-5-11(12)6-10/h1-5,8,10-12,15H,6-7,9H2. The van der Waals surface area contributed by atoms with E-state index in [1.165, 1.54) is 18.9 Å². The van der Waals surface area contributed by atoms with Crippen LogP contribution in [0.5, 0.6) is 0 Å². The molecule has 1 fully saturated rings. The van der Waals surface area contributed by atoms with E-state index >= 15 is 0 Å². The van der Waals surface area contributed by atoms with E-state index in [0.29, 0.717) is 11.8 Å². The van der Waals surface area contributed by atoms with Crippen molar-refractivity contribution in [1.29, 1.82) is 0 Å². The van der Waals surface area contributed by atoms with E-state index in [1.54, 1.807) is 12.1 Å². The molecule has 3 atom stereocenters. The number of nitrogens with zero attached hydrogens (tertiary/aromatic N) is 1. The Hall–Kier alpha value is -1.84. The van der Waals surface area contributed by atoms with Crippen LogP contribution >= 0.6 is 0 Å². The molecule has 4 heteroatoms. The Kier molecular flexibility index (Phi) is 2.78. The summed E-state index contributed by atoms with van der Waals surface area (Å²) >= 11 is 0. The van der Waals surface area contributed by atoms with Crippen molar-refractivity contribution in [2.75, 3.05) is 11.9 Å². The second-order valence-electron chi connectivity index (χ2n) is 5.23. The van der Waals surface area contributed by atoms with Crippen molar-refractivity contribution in [2.24, 2.45) is 17.8 Å². The van der Waals surface area contributed by atoms with Crippen molar-refractivity contribution in [1.82, 2.24) is 0 Å². The third-order valence-electron chi connectivity index (χ3n) is 4.04. The summed E-state index contributed by atoms with van der Waals surface area (Å²) in [4.78, 5) is 10.3. The minimum atomic E-state index is -0.356. The van der Waals surface area contributed by atoms with Crippen LogP contribution in [0.3, 0.4) is 0 Å². The van der Waals surface area contributed by atoms with Gasteiger partial charge in [-0.2, -0.15) is 0 Å². The van der Waals surface area contributed by atoms with Crippen LogP contribution in [-0.4, -0.2) is 11.5 Å². The van der Waals surface area contributed by atoms with Crippen LogP contribution < -0.4 is 5.32 Å². The van der Waals surface area contributed by atoms with E-state index in [-0.39, 0.29) is 10.6 Å². The normalized spacial score (nSPS) is 28.6. The first-order valence-electron chi connectivity index (χ1n) is 6.39. The van der Waals surface area contributed by atoms with E-state index in [4.69, 9.17) is 0 Å². The number of nitro groups is 1. The highest BCUT2D eigenvalue weighted by atomic mass is 16.6. The molecule has 2 aliphatic carbocycles. The first kappa shape index (κ1) is 11.3. The summed E-state index contributed by atoms with van der Waals surface area (Å²) in [6.45, 7) is 0.909. The van der Waals surface area contributed by atoms with Crippen LogP contribution in [0.2, 0.25) is 0 Å². The molecule has 0 radical (unpaired) electrons. The molecule has 0 spiro atoms. The molecule has 0 heterocycles. The Bertz CT molecular complexity index is 498. The molecule has 1 aromatic carbocycles. The zero-order valence-electron chi connectivity index (χ0n) is 10.1. The molecular weight excluding hydrogens is 228 g/mol. The molecule has 3 rings (SSSR count). The quantitative estimate of drug-likeness (QED) is 0.502. The van der Waals surface area contributed by atoms with Crippen molar-refractivity contribution >= 4 is 11.4 Å². The van der Waals surface area contributed by atoms with Gasteiger partial charge < -0.3 is 5.32 Å². The lowest BCUT2D eigenvalue weighted by Gasteiger charge is -2.19. The molecule has 0 amide bonds. The largest absolute Gasteiger partial charge is 0.385 e. The molecule has 0 aliphatic heterocycles. The topological polar surface area (TPSA) is 55.2 Å². The van der Waals surface area contributed by atoms with Crippen molar-refractivity contribution < 1.29 is 4.92 Å². The van der Waals surface area contributed by atoms with Gasteiger partial charge in [0.25, 0.3) is 5.69 Å². The van der Waals surface area contributed by atoms with Crippen LogP contribution in [0.25, 0.3) is 0 Å². The highest BCUT2D eigenvalue weighted by Gasteiger charge is 2.35. The Balaban J connectivity index is 1.62. The molecule has 94 valence electrons. The van der Waals surface area contributed by atoms with Gasteiger partial charge in [0.2, 0.25) is 0 Å². The lowest BCUT2D eigenvalue weighted by Crippen LogP contribution is -2.18. The lowest BCUT2D eigenvalue weighted by molar-refractivity contribution is -0.384. The number of benzene rings is 1. The average Bonchev–Trinajstić information content (AvgIpc) is 2.99. The number of non-ortho nitro benzene ring substituents is 1. The molecular formula is C14H16N2O2. The minimum absolute atomic E-state index is 0.146. The van der Waals surface area contributed by atoms with Gasteiger partial charge in [-0.1, -0.05) is 18.2 Å². The third kappa shape index (κ3) is 2.10. The predicted molar refractivity (Wildman–Crippen MR) is 70.4 cm³/mol. The summed E-state index contributed by atoms with van der Waals surface area (Å²) in [6, 6.07) is 6.73. The second kappa shape index (κ2) is 4.44. The summed E-state index contributed by atoms with van der Waals surface area (Å²) in [5.74, 6) is 2.16. The van der Waals surface area contributed by atoms with E-state index < -0.39 is 0 Å². The maximum atomic E-state index is 10.7. The third-order valence-corrected chi connectivity index (χ3v) is 4.04. The number of nitrogens with one attached hydrogen (secondary N) is 1. The van der Waals surface area contributed by atoms with Gasteiger partial charge in [-0.15, -0.1) is 0 Å². The van der Waals surface area contributed by atoms with Gasteiger partial charge in [-0.3, -0.25) is 10.1 Å². The first-order chi connectivity index (χ1) is 8.72. The predicted octanol–water partition coefficient (Wildman–Crippen LogP) is 3.22. The Morgan fingerprint density at radius 2 is 2.22 bits per heavy atom. The summed E-state index contributed by atoms with van der Waals surface area (Å²) in [7, 11) is 0. The van der Waals surface area contributed by atoms with Crippen molar-refractivity contribution in [3.8, 4) is 0 Å². The van der Waals surface area contributed by atoms with Crippen LogP contribution in [-0.2, 0) is 0 Å². The van der Waals surface area contributed by atoms with Crippen LogP contribution in [0.4, 0.5) is 11.4 Å². The van der Waals surface area contributed by atoms with E-state index in [0.717, 1.165) is 18.2 Å². The summed E-state index contributed by atoms with van der Waals surface area (Å²) in [5, 5.41) is 14.0.